The molecule has 108 valence electrons. The van der Waals surface area contributed by atoms with Crippen molar-refractivity contribution in [3.05, 3.63) is 0 Å². The van der Waals surface area contributed by atoms with Gasteiger partial charge in [0.2, 0.25) is 11.8 Å². The molecule has 1 unspecified atom stereocenters. The highest BCUT2D eigenvalue weighted by Crippen LogP contribution is 2.12. The Bertz CT molecular complexity index is 346. The summed E-state index contributed by atoms with van der Waals surface area (Å²) in [6.07, 6.45) is 2.44. The number of rotatable bonds is 7. The summed E-state index contributed by atoms with van der Waals surface area (Å²) in [6.45, 7) is 1.35. The van der Waals surface area contributed by atoms with E-state index in [0.29, 0.717) is 32.5 Å². The summed E-state index contributed by atoms with van der Waals surface area (Å²) in [5.41, 5.74) is 5.37. The molecule has 0 spiro atoms. The number of nitrogens with zero attached hydrogens (tertiary/aromatic N) is 1. The molecule has 1 saturated heterocycles. The molecule has 0 aromatic heterocycles. The van der Waals surface area contributed by atoms with Gasteiger partial charge in [0.05, 0.1) is 6.42 Å². The lowest BCUT2D eigenvalue weighted by Crippen LogP contribution is -2.57. The zero-order valence-corrected chi connectivity index (χ0v) is 10.9. The summed E-state index contributed by atoms with van der Waals surface area (Å²) < 4.78 is 0. The second-order valence-electron chi connectivity index (χ2n) is 4.59. The minimum atomic E-state index is -1.08. The number of carbonyl (C=O) groups is 3. The van der Waals surface area contributed by atoms with E-state index in [1.54, 1.807) is 0 Å². The lowest BCUT2D eigenvalue weighted by Gasteiger charge is -2.34. The third kappa shape index (κ3) is 4.86. The molecule has 1 rings (SSSR count). The Kier molecular flexibility index (Phi) is 6.27. The quantitative estimate of drug-likeness (QED) is 0.530. The third-order valence-electron chi connectivity index (χ3n) is 3.11. The van der Waals surface area contributed by atoms with Gasteiger partial charge in [-0.2, -0.15) is 0 Å². The Hall–Kier alpha value is -1.63. The van der Waals surface area contributed by atoms with Crippen molar-refractivity contribution in [2.24, 2.45) is 5.73 Å². The van der Waals surface area contributed by atoms with Gasteiger partial charge in [-0.1, -0.05) is 6.42 Å². The van der Waals surface area contributed by atoms with E-state index < -0.39 is 12.0 Å². The number of nitrogens with two attached hydrogens (primary N) is 1. The third-order valence-corrected chi connectivity index (χ3v) is 3.11. The summed E-state index contributed by atoms with van der Waals surface area (Å²) in [5, 5.41) is 11.4. The van der Waals surface area contributed by atoms with Crippen molar-refractivity contribution in [1.82, 2.24) is 10.2 Å². The maximum Gasteiger partial charge on any atom is 0.305 e. The molecule has 1 fully saturated rings. The van der Waals surface area contributed by atoms with E-state index in [9.17, 15) is 14.4 Å². The Morgan fingerprint density at radius 2 is 2.11 bits per heavy atom. The average molecular weight is 271 g/mol. The minimum absolute atomic E-state index is 0.155. The van der Waals surface area contributed by atoms with Gasteiger partial charge in [0, 0.05) is 19.5 Å². The van der Waals surface area contributed by atoms with Crippen LogP contribution in [0, 0.1) is 0 Å². The highest BCUT2D eigenvalue weighted by atomic mass is 16.4. The van der Waals surface area contributed by atoms with Crippen LogP contribution in [0.3, 0.4) is 0 Å². The fraction of sp³-hybridized carbons (Fsp3) is 0.750. The van der Waals surface area contributed by atoms with Crippen LogP contribution < -0.4 is 11.1 Å². The largest absolute Gasteiger partial charge is 0.481 e. The number of hydrogen-bond acceptors (Lipinski definition) is 4. The number of hydrogen-bond donors (Lipinski definition) is 3. The first-order chi connectivity index (χ1) is 9.06. The number of piperazine rings is 1. The molecule has 0 bridgehead atoms. The molecule has 0 aromatic rings. The number of carboxylic acids is 1. The van der Waals surface area contributed by atoms with Crippen molar-refractivity contribution in [3.8, 4) is 0 Å². The van der Waals surface area contributed by atoms with Crippen molar-refractivity contribution in [2.75, 3.05) is 19.6 Å². The Morgan fingerprint density at radius 1 is 1.37 bits per heavy atom. The monoisotopic (exact) mass is 271 g/mol. The van der Waals surface area contributed by atoms with E-state index in [2.05, 4.69) is 5.32 Å². The van der Waals surface area contributed by atoms with Crippen molar-refractivity contribution in [1.29, 1.82) is 0 Å². The number of carbonyl (C=O) groups excluding carboxylic acids is 2. The molecule has 0 aliphatic carbocycles. The minimum Gasteiger partial charge on any atom is -0.481 e. The first kappa shape index (κ1) is 15.4. The molecular formula is C12H21N3O4. The van der Waals surface area contributed by atoms with Crippen molar-refractivity contribution < 1.29 is 19.5 Å². The summed E-state index contributed by atoms with van der Waals surface area (Å²) in [4.78, 5) is 35.8. The zero-order valence-electron chi connectivity index (χ0n) is 10.9. The fourth-order valence-electron chi connectivity index (χ4n) is 2.12. The van der Waals surface area contributed by atoms with E-state index in [-0.39, 0.29) is 18.2 Å². The van der Waals surface area contributed by atoms with E-state index in [4.69, 9.17) is 10.8 Å². The van der Waals surface area contributed by atoms with Crippen LogP contribution in [-0.4, -0.2) is 53.5 Å². The summed E-state index contributed by atoms with van der Waals surface area (Å²) >= 11 is 0. The van der Waals surface area contributed by atoms with Gasteiger partial charge in [0.15, 0.2) is 0 Å². The first-order valence-electron chi connectivity index (χ1n) is 6.55. The number of carboxylic acid groups (broad SMARTS) is 1. The molecule has 2 amide bonds. The SMILES string of the molecule is NCCCCCC(=O)N1CCNC(=O)C1CC(=O)O. The first-order valence-corrected chi connectivity index (χ1v) is 6.55. The van der Waals surface area contributed by atoms with Crippen LogP contribution in [0.5, 0.6) is 0 Å². The molecule has 0 aromatic carbocycles. The summed E-state index contributed by atoms with van der Waals surface area (Å²) in [5.74, 6) is -1.62. The summed E-state index contributed by atoms with van der Waals surface area (Å²) in [6, 6.07) is -0.881. The van der Waals surface area contributed by atoms with E-state index in [0.717, 1.165) is 12.8 Å². The fourth-order valence-corrected chi connectivity index (χ4v) is 2.12. The molecule has 4 N–H and O–H groups in total. The van der Waals surface area contributed by atoms with E-state index >= 15 is 0 Å². The van der Waals surface area contributed by atoms with Crippen molar-refractivity contribution in [3.63, 3.8) is 0 Å². The van der Waals surface area contributed by atoms with Crippen LogP contribution >= 0.6 is 0 Å². The summed E-state index contributed by atoms with van der Waals surface area (Å²) in [7, 11) is 0. The Morgan fingerprint density at radius 3 is 2.74 bits per heavy atom. The smallest absolute Gasteiger partial charge is 0.305 e. The highest BCUT2D eigenvalue weighted by Gasteiger charge is 2.34. The van der Waals surface area contributed by atoms with Gasteiger partial charge in [-0.3, -0.25) is 14.4 Å². The van der Waals surface area contributed by atoms with Gasteiger partial charge in [0.1, 0.15) is 6.04 Å². The lowest BCUT2D eigenvalue weighted by atomic mass is 10.1. The topological polar surface area (TPSA) is 113 Å². The predicted octanol–water partition coefficient (Wildman–Crippen LogP) is -0.693. The highest BCUT2D eigenvalue weighted by molar-refractivity contribution is 5.91. The van der Waals surface area contributed by atoms with Crippen LogP contribution in [0.25, 0.3) is 0 Å². The molecule has 1 atom stereocenters. The van der Waals surface area contributed by atoms with Gasteiger partial charge < -0.3 is 21.1 Å². The van der Waals surface area contributed by atoms with Crippen LogP contribution in [0.2, 0.25) is 0 Å². The van der Waals surface area contributed by atoms with E-state index in [1.165, 1.54) is 4.90 Å². The zero-order chi connectivity index (χ0) is 14.3. The van der Waals surface area contributed by atoms with Crippen LogP contribution in [0.4, 0.5) is 0 Å². The number of amides is 2. The van der Waals surface area contributed by atoms with Gasteiger partial charge in [0.25, 0.3) is 0 Å². The molecular weight excluding hydrogens is 250 g/mol. The maximum absolute atomic E-state index is 12.0. The van der Waals surface area contributed by atoms with Crippen molar-refractivity contribution >= 4 is 17.8 Å². The number of nitrogens with one attached hydrogen (secondary N) is 1. The molecule has 1 heterocycles. The second-order valence-corrected chi connectivity index (χ2v) is 4.59. The molecule has 19 heavy (non-hydrogen) atoms. The molecule has 0 saturated carbocycles. The van der Waals surface area contributed by atoms with Crippen LogP contribution in [0.15, 0.2) is 0 Å². The molecule has 1 aliphatic heterocycles. The normalized spacial score (nSPS) is 19.1. The number of aliphatic carboxylic acids is 1. The van der Waals surface area contributed by atoms with Gasteiger partial charge >= 0.3 is 5.97 Å². The van der Waals surface area contributed by atoms with Gasteiger partial charge in [-0.05, 0) is 19.4 Å². The molecule has 7 nitrogen and oxygen atoms in total. The Balaban J connectivity index is 2.53. The lowest BCUT2D eigenvalue weighted by molar-refractivity contribution is -0.148. The second kappa shape index (κ2) is 7.73. The van der Waals surface area contributed by atoms with Gasteiger partial charge in [-0.15, -0.1) is 0 Å². The van der Waals surface area contributed by atoms with Crippen LogP contribution in [0.1, 0.15) is 32.1 Å². The molecule has 0 radical (unpaired) electrons. The van der Waals surface area contributed by atoms with Gasteiger partial charge in [-0.25, -0.2) is 0 Å². The average Bonchev–Trinajstić information content (AvgIpc) is 2.36. The molecule has 7 heteroatoms. The standard InChI is InChI=1S/C12H21N3O4/c13-5-3-1-2-4-10(16)15-7-6-14-12(19)9(15)8-11(17)18/h9H,1-8,13H2,(H,14,19)(H,17,18). The van der Waals surface area contributed by atoms with Crippen LogP contribution in [-0.2, 0) is 14.4 Å². The number of unbranched alkanes of at least 4 members (excludes halogenated alkanes) is 2. The molecule has 1 aliphatic rings. The predicted molar refractivity (Wildman–Crippen MR) is 68.3 cm³/mol. The maximum atomic E-state index is 12.0. The Labute approximate surface area is 112 Å². The van der Waals surface area contributed by atoms with Crippen molar-refractivity contribution in [2.45, 2.75) is 38.1 Å². The van der Waals surface area contributed by atoms with E-state index in [1.807, 2.05) is 0 Å².